The number of amides is 1. The molecule has 3 N–H and O–H groups in total. The summed E-state index contributed by atoms with van der Waals surface area (Å²) in [6.45, 7) is 6.71. The van der Waals surface area contributed by atoms with Gasteiger partial charge in [-0.2, -0.15) is 18.3 Å². The van der Waals surface area contributed by atoms with Gasteiger partial charge in [0.15, 0.2) is 0 Å². The minimum absolute atomic E-state index is 0.0950. The lowest BCUT2D eigenvalue weighted by Gasteiger charge is -2.20. The SMILES string of the molecule is CCc1c(Cc2ccc(F)c(C(=O)N3CCCNCC3)c2)n[nH]c(=O)c1CC.O=C(O)C(F)(F)F. The van der Waals surface area contributed by atoms with Crippen molar-refractivity contribution in [1.29, 1.82) is 0 Å². The number of H-pyrrole nitrogens is 1. The number of carbonyl (C=O) groups excluding carboxylic acids is 1. The summed E-state index contributed by atoms with van der Waals surface area (Å²) < 4.78 is 46.1. The fourth-order valence-electron chi connectivity index (χ4n) is 3.76. The summed E-state index contributed by atoms with van der Waals surface area (Å²) in [5, 5.41) is 17.1. The number of carboxylic acid groups (broad SMARTS) is 1. The van der Waals surface area contributed by atoms with Gasteiger partial charge in [-0.15, -0.1) is 0 Å². The largest absolute Gasteiger partial charge is 0.490 e. The Morgan fingerprint density at radius 2 is 1.77 bits per heavy atom. The van der Waals surface area contributed by atoms with Gasteiger partial charge >= 0.3 is 12.1 Å². The van der Waals surface area contributed by atoms with E-state index in [-0.39, 0.29) is 17.0 Å². The van der Waals surface area contributed by atoms with E-state index in [0.29, 0.717) is 38.9 Å². The van der Waals surface area contributed by atoms with E-state index in [2.05, 4.69) is 15.5 Å². The second-order valence-corrected chi connectivity index (χ2v) is 7.85. The number of alkyl halides is 3. The van der Waals surface area contributed by atoms with Crippen LogP contribution in [-0.2, 0) is 24.1 Å². The molecule has 1 amide bonds. The third kappa shape index (κ3) is 7.61. The van der Waals surface area contributed by atoms with Crippen LogP contribution in [0.15, 0.2) is 23.0 Å². The van der Waals surface area contributed by atoms with Crippen LogP contribution in [0.5, 0.6) is 0 Å². The molecule has 1 saturated heterocycles. The average molecular weight is 500 g/mol. The van der Waals surface area contributed by atoms with Crippen LogP contribution >= 0.6 is 0 Å². The number of hydrogen-bond acceptors (Lipinski definition) is 5. The van der Waals surface area contributed by atoms with E-state index in [4.69, 9.17) is 9.90 Å². The Labute approximate surface area is 199 Å². The van der Waals surface area contributed by atoms with Crippen LogP contribution in [0, 0.1) is 5.82 Å². The van der Waals surface area contributed by atoms with Crippen LogP contribution in [-0.4, -0.2) is 64.4 Å². The van der Waals surface area contributed by atoms with Crippen LogP contribution in [0.1, 0.15) is 53.0 Å². The monoisotopic (exact) mass is 500 g/mol. The van der Waals surface area contributed by atoms with Gasteiger partial charge in [0, 0.05) is 31.6 Å². The van der Waals surface area contributed by atoms with Crippen LogP contribution in [0.4, 0.5) is 17.6 Å². The second-order valence-electron chi connectivity index (χ2n) is 7.85. The zero-order chi connectivity index (χ0) is 26.2. The minimum atomic E-state index is -5.08. The highest BCUT2D eigenvalue weighted by Gasteiger charge is 2.38. The summed E-state index contributed by atoms with van der Waals surface area (Å²) in [6.07, 6.45) is -2.46. The first-order valence-electron chi connectivity index (χ1n) is 11.2. The van der Waals surface area contributed by atoms with Crippen LogP contribution in [0.2, 0.25) is 0 Å². The molecule has 12 heteroatoms. The van der Waals surface area contributed by atoms with Crippen molar-refractivity contribution in [2.75, 3.05) is 26.2 Å². The highest BCUT2D eigenvalue weighted by molar-refractivity contribution is 5.94. The zero-order valence-corrected chi connectivity index (χ0v) is 19.5. The quantitative estimate of drug-likeness (QED) is 0.544. The van der Waals surface area contributed by atoms with Crippen molar-refractivity contribution in [2.24, 2.45) is 0 Å². The maximum atomic E-state index is 14.4. The molecular formula is C23H28F4N4O4. The van der Waals surface area contributed by atoms with E-state index in [0.717, 1.165) is 35.3 Å². The fourth-order valence-corrected chi connectivity index (χ4v) is 3.76. The van der Waals surface area contributed by atoms with Gasteiger partial charge in [0.1, 0.15) is 5.82 Å². The highest BCUT2D eigenvalue weighted by atomic mass is 19.4. The average Bonchev–Trinajstić information content (AvgIpc) is 3.10. The number of aliphatic carboxylic acids is 1. The number of benzene rings is 1. The minimum Gasteiger partial charge on any atom is -0.475 e. The van der Waals surface area contributed by atoms with E-state index in [1.807, 2.05) is 13.8 Å². The highest BCUT2D eigenvalue weighted by Crippen LogP contribution is 2.19. The number of nitrogens with one attached hydrogen (secondary N) is 2. The van der Waals surface area contributed by atoms with Crippen LogP contribution < -0.4 is 10.9 Å². The number of nitrogens with zero attached hydrogens (tertiary/aromatic N) is 2. The molecule has 1 aliphatic rings. The van der Waals surface area contributed by atoms with Gasteiger partial charge in [0.25, 0.3) is 11.5 Å². The normalized spacial score (nSPS) is 14.1. The number of halogens is 4. The molecule has 3 rings (SSSR count). The summed E-state index contributed by atoms with van der Waals surface area (Å²) in [7, 11) is 0. The summed E-state index contributed by atoms with van der Waals surface area (Å²) in [6, 6.07) is 4.64. The molecular weight excluding hydrogens is 472 g/mol. The topological polar surface area (TPSA) is 115 Å². The van der Waals surface area contributed by atoms with Crippen molar-refractivity contribution < 1.29 is 32.3 Å². The number of aromatic nitrogens is 2. The third-order valence-electron chi connectivity index (χ3n) is 5.49. The lowest BCUT2D eigenvalue weighted by molar-refractivity contribution is -0.192. The van der Waals surface area contributed by atoms with Crippen molar-refractivity contribution in [3.05, 3.63) is 62.3 Å². The molecule has 1 aliphatic heterocycles. The Kier molecular flexibility index (Phi) is 9.93. The van der Waals surface area contributed by atoms with E-state index in [1.54, 1.807) is 17.0 Å². The molecule has 35 heavy (non-hydrogen) atoms. The molecule has 0 atom stereocenters. The molecule has 0 saturated carbocycles. The Morgan fingerprint density at radius 1 is 1.11 bits per heavy atom. The number of hydrogen-bond donors (Lipinski definition) is 3. The van der Waals surface area contributed by atoms with E-state index in [9.17, 15) is 27.2 Å². The number of carboxylic acids is 1. The van der Waals surface area contributed by atoms with Gasteiger partial charge < -0.3 is 15.3 Å². The van der Waals surface area contributed by atoms with Crippen molar-refractivity contribution in [1.82, 2.24) is 20.4 Å². The van der Waals surface area contributed by atoms with Gasteiger partial charge in [-0.3, -0.25) is 9.59 Å². The Balaban J connectivity index is 0.000000540. The van der Waals surface area contributed by atoms with Crippen molar-refractivity contribution in [3.8, 4) is 0 Å². The van der Waals surface area contributed by atoms with Crippen LogP contribution in [0.3, 0.4) is 0 Å². The lowest BCUT2D eigenvalue weighted by Crippen LogP contribution is -2.34. The molecule has 0 unspecified atom stereocenters. The summed E-state index contributed by atoms with van der Waals surface area (Å²) in [5.74, 6) is -3.54. The molecule has 0 spiro atoms. The molecule has 0 radical (unpaired) electrons. The molecule has 0 aliphatic carbocycles. The van der Waals surface area contributed by atoms with Crippen molar-refractivity contribution in [2.45, 2.75) is 45.7 Å². The first-order chi connectivity index (χ1) is 16.5. The van der Waals surface area contributed by atoms with E-state index < -0.39 is 18.0 Å². The zero-order valence-electron chi connectivity index (χ0n) is 19.5. The van der Waals surface area contributed by atoms with E-state index in [1.165, 1.54) is 6.07 Å². The summed E-state index contributed by atoms with van der Waals surface area (Å²) in [5.41, 5.74) is 3.17. The van der Waals surface area contributed by atoms with Gasteiger partial charge in [-0.1, -0.05) is 19.9 Å². The molecule has 1 fully saturated rings. The molecule has 0 bridgehead atoms. The smallest absolute Gasteiger partial charge is 0.475 e. The Morgan fingerprint density at radius 3 is 2.37 bits per heavy atom. The van der Waals surface area contributed by atoms with Gasteiger partial charge in [-0.25, -0.2) is 14.3 Å². The van der Waals surface area contributed by atoms with Gasteiger partial charge in [-0.05, 0) is 49.1 Å². The summed E-state index contributed by atoms with van der Waals surface area (Å²) >= 11 is 0. The van der Waals surface area contributed by atoms with Gasteiger partial charge in [0.2, 0.25) is 0 Å². The van der Waals surface area contributed by atoms with Crippen molar-refractivity contribution in [3.63, 3.8) is 0 Å². The van der Waals surface area contributed by atoms with Crippen LogP contribution in [0.25, 0.3) is 0 Å². The Hall–Kier alpha value is -3.28. The maximum absolute atomic E-state index is 14.4. The standard InChI is InChI=1S/C21H27FN4O2.C2HF3O2/c1-3-15-16(4-2)20(27)25-24-19(15)13-14-6-7-18(22)17(12-14)21(28)26-10-5-8-23-9-11-26;3-2(4,5)1(6)7/h6-7,12,23H,3-5,8-11,13H2,1-2H3,(H,25,27);(H,6,7). The fraction of sp³-hybridized carbons (Fsp3) is 0.478. The molecule has 2 heterocycles. The number of rotatable bonds is 5. The summed E-state index contributed by atoms with van der Waals surface area (Å²) in [4.78, 5) is 35.4. The molecule has 1 aromatic carbocycles. The molecule has 1 aromatic heterocycles. The molecule has 2 aromatic rings. The number of aromatic amines is 1. The Bertz CT molecular complexity index is 1090. The second kappa shape index (κ2) is 12.4. The molecule has 192 valence electrons. The number of carbonyl (C=O) groups is 2. The predicted octanol–water partition coefficient (Wildman–Crippen LogP) is 2.69. The predicted molar refractivity (Wildman–Crippen MR) is 120 cm³/mol. The van der Waals surface area contributed by atoms with Gasteiger partial charge in [0.05, 0.1) is 11.3 Å². The molecule has 8 nitrogen and oxygen atoms in total. The lowest BCUT2D eigenvalue weighted by atomic mass is 9.98. The third-order valence-corrected chi connectivity index (χ3v) is 5.49. The first-order valence-corrected chi connectivity index (χ1v) is 11.2. The maximum Gasteiger partial charge on any atom is 0.490 e. The first kappa shape index (κ1) is 28.0. The van der Waals surface area contributed by atoms with Crippen molar-refractivity contribution >= 4 is 11.9 Å². The van der Waals surface area contributed by atoms with E-state index >= 15 is 0 Å².